The molecule has 0 aliphatic carbocycles. The minimum Gasteiger partial charge on any atom is -0.462 e. The van der Waals surface area contributed by atoms with Crippen LogP contribution >= 0.6 is 23.2 Å². The molecule has 0 aromatic rings. The number of hydrogen-bond acceptors (Lipinski definition) is 2. The highest BCUT2D eigenvalue weighted by atomic mass is 35.5. The van der Waals surface area contributed by atoms with Gasteiger partial charge < -0.3 is 4.74 Å². The van der Waals surface area contributed by atoms with Gasteiger partial charge in [0.2, 0.25) is 0 Å². The van der Waals surface area contributed by atoms with E-state index in [0.29, 0.717) is 12.8 Å². The van der Waals surface area contributed by atoms with Gasteiger partial charge in [-0.1, -0.05) is 6.92 Å². The van der Waals surface area contributed by atoms with Crippen LogP contribution < -0.4 is 0 Å². The fourth-order valence-electron chi connectivity index (χ4n) is 1.18. The van der Waals surface area contributed by atoms with E-state index in [0.717, 1.165) is 0 Å². The lowest BCUT2D eigenvalue weighted by Crippen LogP contribution is -2.16. The number of hydrogen-bond donors (Lipinski definition) is 0. The third-order valence-corrected chi connectivity index (χ3v) is 2.17. The zero-order chi connectivity index (χ0) is 8.43. The smallest absolute Gasteiger partial charge is 0.306 e. The molecule has 1 aliphatic rings. The van der Waals surface area contributed by atoms with Crippen LogP contribution in [0.1, 0.15) is 19.8 Å². The van der Waals surface area contributed by atoms with Gasteiger partial charge in [-0.25, -0.2) is 0 Å². The standard InChI is InChI=1S/C7H10Cl2O2/c1-4-2-7(10)11-5(4)3-6(8)9/h4-6H,2-3H2,1H3/t4-,5-/m0/s1. The second kappa shape index (κ2) is 3.63. The highest BCUT2D eigenvalue weighted by Gasteiger charge is 2.32. The van der Waals surface area contributed by atoms with Gasteiger partial charge in [-0.15, -0.1) is 23.2 Å². The van der Waals surface area contributed by atoms with Gasteiger partial charge in [0.15, 0.2) is 0 Å². The summed E-state index contributed by atoms with van der Waals surface area (Å²) in [4.78, 5) is 10.3. The zero-order valence-electron chi connectivity index (χ0n) is 6.22. The van der Waals surface area contributed by atoms with Crippen molar-refractivity contribution in [1.29, 1.82) is 0 Å². The molecule has 1 rings (SSSR count). The van der Waals surface area contributed by atoms with E-state index in [2.05, 4.69) is 0 Å². The summed E-state index contributed by atoms with van der Waals surface area (Å²) in [7, 11) is 0. The van der Waals surface area contributed by atoms with Gasteiger partial charge in [0.25, 0.3) is 0 Å². The van der Waals surface area contributed by atoms with E-state index in [1.165, 1.54) is 0 Å². The average Bonchev–Trinajstić information content (AvgIpc) is 2.09. The minimum atomic E-state index is -0.437. The Bertz CT molecular complexity index is 159. The van der Waals surface area contributed by atoms with Crippen LogP contribution in [-0.2, 0) is 9.53 Å². The molecule has 64 valence electrons. The molecular weight excluding hydrogens is 187 g/mol. The van der Waals surface area contributed by atoms with E-state index in [4.69, 9.17) is 27.9 Å². The van der Waals surface area contributed by atoms with E-state index in [9.17, 15) is 4.79 Å². The van der Waals surface area contributed by atoms with Gasteiger partial charge >= 0.3 is 5.97 Å². The maximum Gasteiger partial charge on any atom is 0.306 e. The normalized spacial score (nSPS) is 31.1. The minimum absolute atomic E-state index is 0.0810. The third-order valence-electron chi connectivity index (χ3n) is 1.82. The number of ether oxygens (including phenoxy) is 1. The first-order chi connectivity index (χ1) is 5.09. The monoisotopic (exact) mass is 196 g/mol. The van der Waals surface area contributed by atoms with Crippen molar-refractivity contribution in [2.45, 2.75) is 30.7 Å². The Balaban J connectivity index is 2.40. The molecule has 1 saturated heterocycles. The topological polar surface area (TPSA) is 26.3 Å². The van der Waals surface area contributed by atoms with Crippen molar-refractivity contribution < 1.29 is 9.53 Å². The van der Waals surface area contributed by atoms with E-state index >= 15 is 0 Å². The molecule has 11 heavy (non-hydrogen) atoms. The number of esters is 1. The second-order valence-electron chi connectivity index (χ2n) is 2.84. The van der Waals surface area contributed by atoms with Crippen LogP contribution in [0.2, 0.25) is 0 Å². The van der Waals surface area contributed by atoms with Gasteiger partial charge in [-0.05, 0) is 0 Å². The lowest BCUT2D eigenvalue weighted by molar-refractivity contribution is -0.141. The van der Waals surface area contributed by atoms with Crippen molar-refractivity contribution in [1.82, 2.24) is 0 Å². The number of cyclic esters (lactones) is 1. The Morgan fingerprint density at radius 1 is 1.73 bits per heavy atom. The first-order valence-corrected chi connectivity index (χ1v) is 4.44. The fourth-order valence-corrected chi connectivity index (χ4v) is 1.53. The Morgan fingerprint density at radius 2 is 2.36 bits per heavy atom. The molecular formula is C7H10Cl2O2. The summed E-state index contributed by atoms with van der Waals surface area (Å²) in [6.07, 6.45) is 0.948. The predicted octanol–water partition coefficient (Wildman–Crippen LogP) is 2.13. The summed E-state index contributed by atoms with van der Waals surface area (Å²) in [6, 6.07) is 0. The maximum absolute atomic E-state index is 10.7. The van der Waals surface area contributed by atoms with Crippen molar-refractivity contribution in [2.75, 3.05) is 0 Å². The molecule has 0 spiro atoms. The number of carbonyl (C=O) groups excluding carboxylic acids is 1. The van der Waals surface area contributed by atoms with Crippen molar-refractivity contribution in [3.05, 3.63) is 0 Å². The summed E-state index contributed by atoms with van der Waals surface area (Å²) < 4.78 is 4.98. The molecule has 0 bridgehead atoms. The molecule has 0 radical (unpaired) electrons. The zero-order valence-corrected chi connectivity index (χ0v) is 7.73. The molecule has 2 atom stereocenters. The van der Waals surface area contributed by atoms with E-state index in [-0.39, 0.29) is 18.0 Å². The molecule has 1 aliphatic heterocycles. The van der Waals surface area contributed by atoms with Crippen LogP contribution in [-0.4, -0.2) is 16.9 Å². The molecule has 1 heterocycles. The van der Waals surface area contributed by atoms with Gasteiger partial charge in [0.05, 0.1) is 6.42 Å². The highest BCUT2D eigenvalue weighted by molar-refractivity contribution is 6.44. The number of halogens is 2. The van der Waals surface area contributed by atoms with Gasteiger partial charge in [-0.2, -0.15) is 0 Å². The van der Waals surface area contributed by atoms with E-state index in [1.54, 1.807) is 0 Å². The summed E-state index contributed by atoms with van der Waals surface area (Å²) in [5.41, 5.74) is 0. The molecule has 1 fully saturated rings. The largest absolute Gasteiger partial charge is 0.462 e. The van der Waals surface area contributed by atoms with Gasteiger partial charge in [0.1, 0.15) is 10.9 Å². The molecule has 0 unspecified atom stereocenters. The molecule has 4 heteroatoms. The Morgan fingerprint density at radius 3 is 2.73 bits per heavy atom. The van der Waals surface area contributed by atoms with Crippen molar-refractivity contribution in [3.8, 4) is 0 Å². The molecule has 0 N–H and O–H groups in total. The van der Waals surface area contributed by atoms with Gasteiger partial charge in [-0.3, -0.25) is 4.79 Å². The van der Waals surface area contributed by atoms with Crippen LogP contribution in [0.25, 0.3) is 0 Å². The lowest BCUT2D eigenvalue weighted by Gasteiger charge is -2.13. The molecule has 2 nitrogen and oxygen atoms in total. The van der Waals surface area contributed by atoms with E-state index < -0.39 is 4.84 Å². The molecule has 0 amide bonds. The quantitative estimate of drug-likeness (QED) is 0.500. The summed E-state index contributed by atoms with van der Waals surface area (Å²) in [6.45, 7) is 1.96. The lowest BCUT2D eigenvalue weighted by atomic mass is 10.0. The number of carbonyl (C=O) groups is 1. The third kappa shape index (κ3) is 2.53. The predicted molar refractivity (Wildman–Crippen MR) is 43.8 cm³/mol. The summed E-state index contributed by atoms with van der Waals surface area (Å²) >= 11 is 11.1. The summed E-state index contributed by atoms with van der Waals surface area (Å²) in [5, 5.41) is 0. The Labute approximate surface area is 75.8 Å². The Kier molecular flexibility index (Phi) is 3.02. The van der Waals surface area contributed by atoms with E-state index in [1.807, 2.05) is 6.92 Å². The molecule has 0 saturated carbocycles. The average molecular weight is 197 g/mol. The second-order valence-corrected chi connectivity index (χ2v) is 4.11. The first kappa shape index (κ1) is 9.14. The van der Waals surface area contributed by atoms with Crippen molar-refractivity contribution >= 4 is 29.2 Å². The van der Waals surface area contributed by atoms with Crippen LogP contribution in [0.4, 0.5) is 0 Å². The van der Waals surface area contributed by atoms with Crippen LogP contribution in [0.15, 0.2) is 0 Å². The fraction of sp³-hybridized carbons (Fsp3) is 0.857. The highest BCUT2D eigenvalue weighted by Crippen LogP contribution is 2.27. The molecule has 0 aromatic heterocycles. The first-order valence-electron chi connectivity index (χ1n) is 3.57. The van der Waals surface area contributed by atoms with Crippen molar-refractivity contribution in [3.63, 3.8) is 0 Å². The maximum atomic E-state index is 10.7. The number of alkyl halides is 2. The van der Waals surface area contributed by atoms with Crippen LogP contribution in [0.5, 0.6) is 0 Å². The van der Waals surface area contributed by atoms with Crippen molar-refractivity contribution in [2.24, 2.45) is 5.92 Å². The van der Waals surface area contributed by atoms with Gasteiger partial charge in [0, 0.05) is 12.3 Å². The number of rotatable bonds is 2. The Hall–Kier alpha value is 0.0500. The van der Waals surface area contributed by atoms with Crippen LogP contribution in [0, 0.1) is 5.92 Å². The summed E-state index contributed by atoms with van der Waals surface area (Å²) in [5.74, 6) is 0.110. The van der Waals surface area contributed by atoms with Crippen LogP contribution in [0.3, 0.4) is 0 Å². The SMILES string of the molecule is C[C@H]1CC(=O)O[C@H]1CC(Cl)Cl. The molecule has 0 aromatic carbocycles.